The Labute approximate surface area is 92.0 Å². The normalized spacial score (nSPS) is 16.1. The Bertz CT molecular complexity index is 210. The molecule has 0 radical (unpaired) electrons. The zero-order chi connectivity index (χ0) is 12.1. The molecule has 0 aliphatic heterocycles. The van der Waals surface area contributed by atoms with Crippen molar-refractivity contribution < 1.29 is 14.6 Å². The van der Waals surface area contributed by atoms with Gasteiger partial charge < -0.3 is 9.84 Å². The summed E-state index contributed by atoms with van der Waals surface area (Å²) in [5.41, 5.74) is -1.02. The van der Waals surface area contributed by atoms with Gasteiger partial charge >= 0.3 is 5.97 Å². The molecule has 1 atom stereocenters. The fourth-order valence-electron chi connectivity index (χ4n) is 1.04. The molecular formula is C11H23NO3. The Morgan fingerprint density at radius 1 is 1.33 bits per heavy atom. The second-order valence-electron chi connectivity index (χ2n) is 4.88. The van der Waals surface area contributed by atoms with E-state index in [0.717, 1.165) is 0 Å². The lowest BCUT2D eigenvalue weighted by molar-refractivity contribution is -0.144. The number of hydrogen-bond donors (Lipinski definition) is 2. The van der Waals surface area contributed by atoms with E-state index >= 15 is 0 Å². The van der Waals surface area contributed by atoms with E-state index in [9.17, 15) is 4.79 Å². The maximum atomic E-state index is 10.9. The van der Waals surface area contributed by atoms with E-state index in [1.165, 1.54) is 0 Å². The molecule has 0 rings (SSSR count). The van der Waals surface area contributed by atoms with Gasteiger partial charge in [0, 0.05) is 6.54 Å². The van der Waals surface area contributed by atoms with Crippen molar-refractivity contribution in [2.75, 3.05) is 13.2 Å². The summed E-state index contributed by atoms with van der Waals surface area (Å²) in [5.74, 6) is -0.819. The first-order valence-corrected chi connectivity index (χ1v) is 5.33. The number of rotatable bonds is 6. The van der Waals surface area contributed by atoms with Crippen LogP contribution in [0.1, 0.15) is 41.0 Å². The number of carbonyl (C=O) groups is 1. The molecule has 0 aliphatic carbocycles. The second kappa shape index (κ2) is 5.47. The largest absolute Gasteiger partial charge is 0.480 e. The molecule has 4 heteroatoms. The molecule has 0 heterocycles. The van der Waals surface area contributed by atoms with Gasteiger partial charge in [-0.3, -0.25) is 10.1 Å². The van der Waals surface area contributed by atoms with Gasteiger partial charge in [-0.1, -0.05) is 6.92 Å². The summed E-state index contributed by atoms with van der Waals surface area (Å²) in [6.45, 7) is 10.5. The Kier molecular flexibility index (Phi) is 5.24. The van der Waals surface area contributed by atoms with Crippen LogP contribution in [0, 0.1) is 0 Å². The summed E-state index contributed by atoms with van der Waals surface area (Å²) >= 11 is 0. The van der Waals surface area contributed by atoms with Crippen molar-refractivity contribution >= 4 is 5.97 Å². The third-order valence-corrected chi connectivity index (χ3v) is 2.33. The highest BCUT2D eigenvalue weighted by Crippen LogP contribution is 2.09. The van der Waals surface area contributed by atoms with E-state index in [0.29, 0.717) is 19.6 Å². The minimum atomic E-state index is -0.846. The predicted molar refractivity (Wildman–Crippen MR) is 60.0 cm³/mol. The summed E-state index contributed by atoms with van der Waals surface area (Å²) in [6, 6.07) is 0. The minimum Gasteiger partial charge on any atom is -0.480 e. The molecule has 2 N–H and O–H groups in total. The zero-order valence-corrected chi connectivity index (χ0v) is 10.4. The van der Waals surface area contributed by atoms with Crippen LogP contribution >= 0.6 is 0 Å². The number of nitrogens with one attached hydrogen (secondary N) is 1. The monoisotopic (exact) mass is 217 g/mol. The van der Waals surface area contributed by atoms with Crippen molar-refractivity contribution in [2.45, 2.75) is 52.2 Å². The molecular weight excluding hydrogens is 194 g/mol. The van der Waals surface area contributed by atoms with Crippen LogP contribution in [0.25, 0.3) is 0 Å². The molecule has 0 fully saturated rings. The molecule has 0 saturated carbocycles. The molecule has 0 aromatic heterocycles. The van der Waals surface area contributed by atoms with Gasteiger partial charge in [0.2, 0.25) is 0 Å². The van der Waals surface area contributed by atoms with Gasteiger partial charge in [0.25, 0.3) is 0 Å². The average molecular weight is 217 g/mol. The summed E-state index contributed by atoms with van der Waals surface area (Å²) in [6.07, 6.45) is 0.553. The highest BCUT2D eigenvalue weighted by molar-refractivity contribution is 5.78. The van der Waals surface area contributed by atoms with Crippen LogP contribution in [0.15, 0.2) is 0 Å². The quantitative estimate of drug-likeness (QED) is 0.664. The molecule has 0 aliphatic rings. The van der Waals surface area contributed by atoms with Gasteiger partial charge in [-0.25, -0.2) is 0 Å². The van der Waals surface area contributed by atoms with Gasteiger partial charge in [-0.05, 0) is 34.1 Å². The smallest absolute Gasteiger partial charge is 0.323 e. The van der Waals surface area contributed by atoms with Gasteiger partial charge in [0.15, 0.2) is 0 Å². The maximum absolute atomic E-state index is 10.9. The summed E-state index contributed by atoms with van der Waals surface area (Å²) < 4.78 is 5.49. The Balaban J connectivity index is 3.89. The maximum Gasteiger partial charge on any atom is 0.323 e. The van der Waals surface area contributed by atoms with Crippen LogP contribution in [0.5, 0.6) is 0 Å². The van der Waals surface area contributed by atoms with Crippen molar-refractivity contribution in [3.63, 3.8) is 0 Å². The van der Waals surface area contributed by atoms with Gasteiger partial charge in [-0.2, -0.15) is 0 Å². The lowest BCUT2D eigenvalue weighted by atomic mass is 9.99. The second-order valence-corrected chi connectivity index (χ2v) is 4.88. The van der Waals surface area contributed by atoms with Crippen molar-refractivity contribution in [2.24, 2.45) is 0 Å². The predicted octanol–water partition coefficient (Wildman–Crippen LogP) is 1.64. The molecule has 0 amide bonds. The number of carboxylic acid groups (broad SMARTS) is 1. The van der Waals surface area contributed by atoms with E-state index in [-0.39, 0.29) is 5.60 Å². The van der Waals surface area contributed by atoms with Crippen LogP contribution in [0.4, 0.5) is 0 Å². The molecule has 0 aromatic rings. The Hall–Kier alpha value is -0.610. The molecule has 0 saturated heterocycles. The molecule has 90 valence electrons. The van der Waals surface area contributed by atoms with Crippen molar-refractivity contribution in [3.8, 4) is 0 Å². The van der Waals surface area contributed by atoms with Gasteiger partial charge in [0.1, 0.15) is 5.54 Å². The van der Waals surface area contributed by atoms with E-state index in [1.54, 1.807) is 6.92 Å². The summed E-state index contributed by atoms with van der Waals surface area (Å²) in [7, 11) is 0. The highest BCUT2D eigenvalue weighted by atomic mass is 16.5. The Morgan fingerprint density at radius 2 is 1.87 bits per heavy atom. The van der Waals surface area contributed by atoms with Gasteiger partial charge in [0.05, 0.1) is 12.2 Å². The van der Waals surface area contributed by atoms with Gasteiger partial charge in [-0.15, -0.1) is 0 Å². The fourth-order valence-corrected chi connectivity index (χ4v) is 1.04. The zero-order valence-electron chi connectivity index (χ0n) is 10.4. The van der Waals surface area contributed by atoms with E-state index in [2.05, 4.69) is 5.32 Å². The first-order valence-electron chi connectivity index (χ1n) is 5.33. The van der Waals surface area contributed by atoms with Crippen LogP contribution in [-0.2, 0) is 9.53 Å². The lowest BCUT2D eigenvalue weighted by Crippen LogP contribution is -2.50. The van der Waals surface area contributed by atoms with Crippen molar-refractivity contribution in [1.82, 2.24) is 5.32 Å². The topological polar surface area (TPSA) is 58.6 Å². The molecule has 0 aromatic carbocycles. The summed E-state index contributed by atoms with van der Waals surface area (Å²) in [4.78, 5) is 10.9. The Morgan fingerprint density at radius 3 is 2.20 bits per heavy atom. The first kappa shape index (κ1) is 14.4. The number of ether oxygens (including phenoxy) is 1. The fraction of sp³-hybridized carbons (Fsp3) is 0.909. The van der Waals surface area contributed by atoms with E-state index < -0.39 is 11.5 Å². The van der Waals surface area contributed by atoms with E-state index in [4.69, 9.17) is 9.84 Å². The molecule has 4 nitrogen and oxygen atoms in total. The SMILES string of the molecule is CCC(C)(NCCOC(C)(C)C)C(=O)O. The summed E-state index contributed by atoms with van der Waals surface area (Å²) in [5, 5.41) is 12.0. The van der Waals surface area contributed by atoms with E-state index in [1.807, 2.05) is 27.7 Å². The number of hydrogen-bond acceptors (Lipinski definition) is 3. The van der Waals surface area contributed by atoms with Crippen LogP contribution < -0.4 is 5.32 Å². The van der Waals surface area contributed by atoms with Crippen LogP contribution in [0.2, 0.25) is 0 Å². The molecule has 0 spiro atoms. The van der Waals surface area contributed by atoms with Crippen LogP contribution in [0.3, 0.4) is 0 Å². The number of carboxylic acids is 1. The first-order chi connectivity index (χ1) is 6.71. The van der Waals surface area contributed by atoms with Crippen LogP contribution in [-0.4, -0.2) is 35.4 Å². The van der Waals surface area contributed by atoms with Crippen molar-refractivity contribution in [1.29, 1.82) is 0 Å². The average Bonchev–Trinajstić information content (AvgIpc) is 2.10. The highest BCUT2D eigenvalue weighted by Gasteiger charge is 2.29. The lowest BCUT2D eigenvalue weighted by Gasteiger charge is -2.26. The third kappa shape index (κ3) is 5.74. The number of aliphatic carboxylic acids is 1. The molecule has 1 unspecified atom stereocenters. The van der Waals surface area contributed by atoms with Crippen molar-refractivity contribution in [3.05, 3.63) is 0 Å². The third-order valence-electron chi connectivity index (χ3n) is 2.33. The standard InChI is InChI=1S/C11H23NO3/c1-6-11(5,9(13)14)12-7-8-15-10(2,3)4/h12H,6-8H2,1-5H3,(H,13,14). The molecule has 15 heavy (non-hydrogen) atoms. The minimum absolute atomic E-state index is 0.173. The molecule has 0 bridgehead atoms.